The summed E-state index contributed by atoms with van der Waals surface area (Å²) in [5.41, 5.74) is 5.88. The fraction of sp³-hybridized carbons (Fsp3) is 0.708. The Hall–Kier alpha value is -1.31. The van der Waals surface area contributed by atoms with Crippen LogP contribution in [0.1, 0.15) is 103 Å². The van der Waals surface area contributed by atoms with E-state index >= 15 is 0 Å². The Morgan fingerprint density at radius 1 is 0.923 bits per heavy atom. The van der Waals surface area contributed by atoms with Gasteiger partial charge in [-0.05, 0) is 73.8 Å². The molecule has 0 fully saturated rings. The Labute approximate surface area is 167 Å². The van der Waals surface area contributed by atoms with Gasteiger partial charge in [0.25, 0.3) is 0 Å². The van der Waals surface area contributed by atoms with Gasteiger partial charge in [0.1, 0.15) is 0 Å². The van der Waals surface area contributed by atoms with Gasteiger partial charge in [0.05, 0.1) is 0 Å². The molecule has 0 saturated heterocycles. The Morgan fingerprint density at radius 2 is 1.35 bits per heavy atom. The third kappa shape index (κ3) is 15.0. The lowest BCUT2D eigenvalue weighted by Crippen LogP contribution is -2.43. The van der Waals surface area contributed by atoms with Crippen molar-refractivity contribution in [2.75, 3.05) is 6.54 Å². The molecule has 0 aliphatic heterocycles. The first kappa shape index (κ1) is 32.4. The minimum Gasteiger partial charge on any atom is -0.367 e. The molecule has 0 aromatic heterocycles. The second-order valence-corrected chi connectivity index (χ2v) is 7.19. The standard InChI is InChI=1S/C13H25N.C8H15N.C2H6.CH4/c1-8-10-14(12(5)11(3)4)13(6,7)9-2;1-6(2)8(5)9-7(3)4;1-2;/h3,5,8-10H2,1-2,4,6-7H3;1-5H3;1-2H3;1H4. The fourth-order valence-electron chi connectivity index (χ4n) is 1.90. The van der Waals surface area contributed by atoms with E-state index in [1.54, 1.807) is 0 Å². The highest BCUT2D eigenvalue weighted by molar-refractivity contribution is 5.80. The van der Waals surface area contributed by atoms with E-state index in [1.165, 1.54) is 5.57 Å². The normalized spacial score (nSPS) is 9.23. The van der Waals surface area contributed by atoms with Gasteiger partial charge >= 0.3 is 0 Å². The molecule has 2 nitrogen and oxygen atoms in total. The second kappa shape index (κ2) is 17.1. The first-order chi connectivity index (χ1) is 11.4. The van der Waals surface area contributed by atoms with Crippen molar-refractivity contribution in [3.63, 3.8) is 0 Å². The van der Waals surface area contributed by atoms with Crippen LogP contribution in [-0.4, -0.2) is 22.7 Å². The van der Waals surface area contributed by atoms with Gasteiger partial charge in [-0.2, -0.15) is 0 Å². The summed E-state index contributed by atoms with van der Waals surface area (Å²) in [6.07, 6.45) is 2.27. The number of aliphatic imine (C=N–C) groups is 1. The maximum atomic E-state index is 4.27. The van der Waals surface area contributed by atoms with Crippen LogP contribution in [0.2, 0.25) is 0 Å². The van der Waals surface area contributed by atoms with E-state index in [1.807, 2.05) is 41.5 Å². The summed E-state index contributed by atoms with van der Waals surface area (Å²) in [7, 11) is 0. The minimum absolute atomic E-state index is 0. The van der Waals surface area contributed by atoms with E-state index in [2.05, 4.69) is 64.6 Å². The molecule has 0 N–H and O–H groups in total. The van der Waals surface area contributed by atoms with Crippen LogP contribution in [0, 0.1) is 0 Å². The molecule has 2 heteroatoms. The van der Waals surface area contributed by atoms with Crippen molar-refractivity contribution >= 4 is 5.71 Å². The molecular formula is C24H50N2. The quantitative estimate of drug-likeness (QED) is 0.326. The van der Waals surface area contributed by atoms with Crippen molar-refractivity contribution in [3.05, 3.63) is 35.7 Å². The molecular weight excluding hydrogens is 316 g/mol. The van der Waals surface area contributed by atoms with Crippen LogP contribution in [0.5, 0.6) is 0 Å². The molecule has 0 aromatic rings. The van der Waals surface area contributed by atoms with Gasteiger partial charge in [-0.1, -0.05) is 53.9 Å². The molecule has 0 unspecified atom stereocenters. The van der Waals surface area contributed by atoms with Gasteiger partial charge in [0.2, 0.25) is 0 Å². The van der Waals surface area contributed by atoms with E-state index in [4.69, 9.17) is 0 Å². The number of hydrogen-bond donors (Lipinski definition) is 0. The summed E-state index contributed by atoms with van der Waals surface area (Å²) < 4.78 is 0. The third-order valence-corrected chi connectivity index (χ3v) is 3.98. The van der Waals surface area contributed by atoms with Gasteiger partial charge in [-0.25, -0.2) is 0 Å². The van der Waals surface area contributed by atoms with Crippen LogP contribution in [0.4, 0.5) is 0 Å². The summed E-state index contributed by atoms with van der Waals surface area (Å²) >= 11 is 0. The van der Waals surface area contributed by atoms with Gasteiger partial charge in [0.15, 0.2) is 0 Å². The number of rotatable bonds is 7. The number of hydrogen-bond acceptors (Lipinski definition) is 2. The largest absolute Gasteiger partial charge is 0.367 e. The van der Waals surface area contributed by atoms with Crippen LogP contribution in [0.3, 0.4) is 0 Å². The topological polar surface area (TPSA) is 15.6 Å². The smallest absolute Gasteiger partial charge is 0.0358 e. The molecule has 0 aromatic carbocycles. The van der Waals surface area contributed by atoms with Crippen LogP contribution >= 0.6 is 0 Å². The zero-order chi connectivity index (χ0) is 20.8. The highest BCUT2D eigenvalue weighted by Gasteiger charge is 2.24. The minimum atomic E-state index is 0. The van der Waals surface area contributed by atoms with Gasteiger partial charge in [-0.3, -0.25) is 4.99 Å². The summed E-state index contributed by atoms with van der Waals surface area (Å²) in [5.74, 6) is 0. The summed E-state index contributed by atoms with van der Waals surface area (Å²) in [6.45, 7) is 34.3. The molecule has 0 aliphatic carbocycles. The Balaban J connectivity index is -0.000000176. The highest BCUT2D eigenvalue weighted by atomic mass is 15.2. The van der Waals surface area contributed by atoms with E-state index < -0.39 is 0 Å². The maximum absolute atomic E-state index is 4.27. The number of nitrogens with zero attached hydrogens (tertiary/aromatic N) is 2. The molecule has 0 aliphatic rings. The van der Waals surface area contributed by atoms with Crippen molar-refractivity contribution in [3.8, 4) is 0 Å². The van der Waals surface area contributed by atoms with Crippen LogP contribution in [0.25, 0.3) is 0 Å². The zero-order valence-electron chi connectivity index (χ0n) is 19.4. The van der Waals surface area contributed by atoms with Crippen molar-refractivity contribution in [1.82, 2.24) is 4.90 Å². The van der Waals surface area contributed by atoms with Crippen molar-refractivity contribution < 1.29 is 0 Å². The Morgan fingerprint density at radius 3 is 1.54 bits per heavy atom. The first-order valence-electron chi connectivity index (χ1n) is 9.69. The molecule has 156 valence electrons. The van der Waals surface area contributed by atoms with E-state index in [0.29, 0.717) is 0 Å². The fourth-order valence-corrected chi connectivity index (χ4v) is 1.90. The predicted molar refractivity (Wildman–Crippen MR) is 126 cm³/mol. The van der Waals surface area contributed by atoms with Crippen LogP contribution in [-0.2, 0) is 0 Å². The average molecular weight is 367 g/mol. The lowest BCUT2D eigenvalue weighted by atomic mass is 9.97. The van der Waals surface area contributed by atoms with Gasteiger partial charge in [0, 0.05) is 29.2 Å². The van der Waals surface area contributed by atoms with Gasteiger partial charge in [-0.15, -0.1) is 0 Å². The first-order valence-corrected chi connectivity index (χ1v) is 9.69. The Bertz CT molecular complexity index is 443. The molecule has 26 heavy (non-hydrogen) atoms. The molecule has 0 rings (SSSR count). The average Bonchev–Trinajstić information content (AvgIpc) is 2.53. The Kier molecular flexibility index (Phi) is 21.3. The molecule has 0 saturated carbocycles. The summed E-state index contributed by atoms with van der Waals surface area (Å²) in [5, 5.41) is 0. The second-order valence-electron chi connectivity index (χ2n) is 7.19. The lowest BCUT2D eigenvalue weighted by Gasteiger charge is -2.41. The predicted octanol–water partition coefficient (Wildman–Crippen LogP) is 8.42. The lowest BCUT2D eigenvalue weighted by molar-refractivity contribution is 0.164. The van der Waals surface area contributed by atoms with Gasteiger partial charge < -0.3 is 4.90 Å². The molecule has 0 heterocycles. The van der Waals surface area contributed by atoms with Crippen LogP contribution < -0.4 is 0 Å². The zero-order valence-corrected chi connectivity index (χ0v) is 19.4. The van der Waals surface area contributed by atoms with E-state index in [-0.39, 0.29) is 13.0 Å². The summed E-state index contributed by atoms with van der Waals surface area (Å²) in [4.78, 5) is 6.64. The van der Waals surface area contributed by atoms with Crippen molar-refractivity contribution in [1.29, 1.82) is 0 Å². The van der Waals surface area contributed by atoms with E-state index in [0.717, 1.165) is 42.1 Å². The van der Waals surface area contributed by atoms with Crippen molar-refractivity contribution in [2.45, 2.75) is 109 Å². The van der Waals surface area contributed by atoms with Crippen LogP contribution in [0.15, 0.2) is 40.7 Å². The molecule has 0 radical (unpaired) electrons. The molecule has 0 spiro atoms. The molecule has 0 amide bonds. The molecule has 0 bridgehead atoms. The SMILES string of the molecule is C.C=C(C)C(=C)N(CCC)C(C)(C)CC.CC.CC(C)=NC(C)=C(C)C. The monoisotopic (exact) mass is 366 g/mol. The molecule has 0 atom stereocenters. The van der Waals surface area contributed by atoms with E-state index in [9.17, 15) is 0 Å². The number of allylic oxidation sites excluding steroid dienone is 3. The maximum Gasteiger partial charge on any atom is 0.0358 e. The summed E-state index contributed by atoms with van der Waals surface area (Å²) in [6, 6.07) is 0. The highest BCUT2D eigenvalue weighted by Crippen LogP contribution is 2.25. The van der Waals surface area contributed by atoms with Crippen molar-refractivity contribution in [2.24, 2.45) is 4.99 Å². The third-order valence-electron chi connectivity index (χ3n) is 3.98.